The SMILES string of the molecule is COC(=O)C1(C(=O)OC)NC(=O)[C@@H]2C[C@@H](OC)O[C@@]21C. The molecule has 1 N–H and O–H groups in total. The number of esters is 2. The zero-order valence-corrected chi connectivity index (χ0v) is 11.7. The topological polar surface area (TPSA) is 100 Å². The van der Waals surface area contributed by atoms with Crippen LogP contribution in [0.1, 0.15) is 13.3 Å². The molecule has 112 valence electrons. The zero-order valence-electron chi connectivity index (χ0n) is 11.7. The van der Waals surface area contributed by atoms with Gasteiger partial charge in [-0.15, -0.1) is 0 Å². The number of carbonyl (C=O) groups is 3. The number of rotatable bonds is 3. The van der Waals surface area contributed by atoms with Gasteiger partial charge in [0, 0.05) is 13.5 Å². The van der Waals surface area contributed by atoms with E-state index >= 15 is 0 Å². The Morgan fingerprint density at radius 1 is 1.25 bits per heavy atom. The van der Waals surface area contributed by atoms with Crippen molar-refractivity contribution in [3.05, 3.63) is 0 Å². The minimum Gasteiger partial charge on any atom is -0.467 e. The highest BCUT2D eigenvalue weighted by Crippen LogP contribution is 2.49. The van der Waals surface area contributed by atoms with E-state index in [0.717, 1.165) is 14.2 Å². The summed E-state index contributed by atoms with van der Waals surface area (Å²) < 4.78 is 20.1. The molecule has 2 aliphatic heterocycles. The van der Waals surface area contributed by atoms with Crippen LogP contribution in [-0.2, 0) is 33.3 Å². The molecule has 1 amide bonds. The van der Waals surface area contributed by atoms with Gasteiger partial charge in [-0.2, -0.15) is 0 Å². The molecule has 0 unspecified atom stereocenters. The summed E-state index contributed by atoms with van der Waals surface area (Å²) >= 11 is 0. The van der Waals surface area contributed by atoms with Crippen molar-refractivity contribution >= 4 is 17.8 Å². The van der Waals surface area contributed by atoms with Gasteiger partial charge in [-0.3, -0.25) is 4.79 Å². The molecule has 0 radical (unpaired) electrons. The van der Waals surface area contributed by atoms with Crippen LogP contribution in [0.2, 0.25) is 0 Å². The molecule has 3 atom stereocenters. The van der Waals surface area contributed by atoms with Crippen LogP contribution < -0.4 is 5.32 Å². The van der Waals surface area contributed by atoms with Crippen LogP contribution in [0.3, 0.4) is 0 Å². The van der Waals surface area contributed by atoms with Crippen LogP contribution in [0.5, 0.6) is 0 Å². The number of hydrogen-bond acceptors (Lipinski definition) is 7. The molecule has 0 aromatic rings. The predicted molar refractivity (Wildman–Crippen MR) is 63.3 cm³/mol. The number of nitrogens with one attached hydrogen (secondary N) is 1. The second-order valence-corrected chi connectivity index (χ2v) is 4.90. The predicted octanol–water partition coefficient (Wildman–Crippen LogP) is -1.03. The molecule has 0 saturated carbocycles. The van der Waals surface area contributed by atoms with Crippen LogP contribution in [0.25, 0.3) is 0 Å². The molecule has 0 aromatic carbocycles. The molecular weight excluding hydrogens is 270 g/mol. The normalized spacial score (nSPS) is 34.3. The van der Waals surface area contributed by atoms with Crippen molar-refractivity contribution in [2.45, 2.75) is 30.8 Å². The van der Waals surface area contributed by atoms with Gasteiger partial charge in [-0.05, 0) is 6.92 Å². The molecular formula is C12H17NO7. The third-order valence-corrected chi connectivity index (χ3v) is 4.09. The number of hydrogen-bond donors (Lipinski definition) is 1. The van der Waals surface area contributed by atoms with E-state index in [1.165, 1.54) is 14.0 Å². The van der Waals surface area contributed by atoms with Gasteiger partial charge in [0.05, 0.1) is 20.1 Å². The highest BCUT2D eigenvalue weighted by Gasteiger charge is 2.75. The highest BCUT2D eigenvalue weighted by molar-refractivity contribution is 6.13. The van der Waals surface area contributed by atoms with Crippen molar-refractivity contribution in [1.82, 2.24) is 5.32 Å². The molecule has 0 aliphatic carbocycles. The number of fused-ring (bicyclic) bond motifs is 1. The van der Waals surface area contributed by atoms with E-state index in [1.54, 1.807) is 0 Å². The fraction of sp³-hybridized carbons (Fsp3) is 0.750. The molecule has 2 heterocycles. The molecule has 2 aliphatic rings. The Morgan fingerprint density at radius 3 is 2.25 bits per heavy atom. The first kappa shape index (κ1) is 14.7. The lowest BCUT2D eigenvalue weighted by atomic mass is 9.77. The van der Waals surface area contributed by atoms with Crippen LogP contribution in [0.15, 0.2) is 0 Å². The Bertz CT molecular complexity index is 447. The smallest absolute Gasteiger partial charge is 0.346 e. The van der Waals surface area contributed by atoms with E-state index in [1.807, 2.05) is 0 Å². The van der Waals surface area contributed by atoms with Gasteiger partial charge in [0.25, 0.3) is 5.54 Å². The third-order valence-electron chi connectivity index (χ3n) is 4.09. The maximum atomic E-state index is 12.2. The number of carbonyl (C=O) groups excluding carboxylic acids is 3. The summed E-state index contributed by atoms with van der Waals surface area (Å²) in [7, 11) is 3.67. The van der Waals surface area contributed by atoms with E-state index in [9.17, 15) is 14.4 Å². The van der Waals surface area contributed by atoms with Crippen molar-refractivity contribution in [2.75, 3.05) is 21.3 Å². The maximum absolute atomic E-state index is 12.2. The van der Waals surface area contributed by atoms with E-state index in [0.29, 0.717) is 0 Å². The second-order valence-electron chi connectivity index (χ2n) is 4.90. The standard InChI is InChI=1S/C12H17NO7/c1-11-6(5-7(17-2)20-11)8(14)13-12(11,9(15)18-3)10(16)19-4/h6-7H,5H2,1-4H3,(H,13,14)/t6-,7-,11-/m0/s1. The molecule has 0 aromatic heterocycles. The molecule has 2 fully saturated rings. The van der Waals surface area contributed by atoms with Gasteiger partial charge in [-0.25, -0.2) is 9.59 Å². The van der Waals surface area contributed by atoms with Crippen molar-refractivity contribution in [3.63, 3.8) is 0 Å². The van der Waals surface area contributed by atoms with Crippen molar-refractivity contribution < 1.29 is 33.3 Å². The van der Waals surface area contributed by atoms with Gasteiger partial charge < -0.3 is 24.3 Å². The van der Waals surface area contributed by atoms with E-state index < -0.39 is 41.2 Å². The van der Waals surface area contributed by atoms with Gasteiger partial charge in [0.2, 0.25) is 5.91 Å². The summed E-state index contributed by atoms with van der Waals surface area (Å²) in [5, 5.41) is 2.39. The summed E-state index contributed by atoms with van der Waals surface area (Å²) in [5.41, 5.74) is -3.45. The molecule has 0 spiro atoms. The summed E-state index contributed by atoms with van der Waals surface area (Å²) in [4.78, 5) is 36.4. The largest absolute Gasteiger partial charge is 0.467 e. The third kappa shape index (κ3) is 1.58. The summed E-state index contributed by atoms with van der Waals surface area (Å²) in [5.74, 6) is -3.03. The number of methoxy groups -OCH3 is 3. The van der Waals surface area contributed by atoms with Crippen molar-refractivity contribution in [2.24, 2.45) is 5.92 Å². The first-order valence-corrected chi connectivity index (χ1v) is 6.06. The molecule has 2 rings (SSSR count). The minimum absolute atomic E-state index is 0.245. The highest BCUT2D eigenvalue weighted by atomic mass is 16.7. The van der Waals surface area contributed by atoms with Crippen molar-refractivity contribution in [3.8, 4) is 0 Å². The van der Waals surface area contributed by atoms with E-state index in [2.05, 4.69) is 14.8 Å². The Kier molecular flexibility index (Phi) is 3.47. The summed E-state index contributed by atoms with van der Waals surface area (Å²) in [6, 6.07) is 0. The zero-order chi connectivity index (χ0) is 15.1. The molecule has 20 heavy (non-hydrogen) atoms. The first-order valence-electron chi connectivity index (χ1n) is 6.06. The minimum atomic E-state index is -2.02. The fourth-order valence-electron chi connectivity index (χ4n) is 2.96. The average molecular weight is 287 g/mol. The van der Waals surface area contributed by atoms with Crippen molar-refractivity contribution in [1.29, 1.82) is 0 Å². The Hall–Kier alpha value is -1.67. The Balaban J connectivity index is 2.55. The van der Waals surface area contributed by atoms with Gasteiger partial charge in [0.1, 0.15) is 5.60 Å². The lowest BCUT2D eigenvalue weighted by molar-refractivity contribution is -0.198. The monoisotopic (exact) mass is 287 g/mol. The van der Waals surface area contributed by atoms with Gasteiger partial charge in [-0.1, -0.05) is 0 Å². The lowest BCUT2D eigenvalue weighted by Gasteiger charge is -2.36. The second kappa shape index (κ2) is 4.71. The molecule has 8 nitrogen and oxygen atoms in total. The lowest BCUT2D eigenvalue weighted by Crippen LogP contribution is -2.68. The van der Waals surface area contributed by atoms with Crippen LogP contribution in [-0.4, -0.2) is 56.6 Å². The Morgan fingerprint density at radius 2 is 1.80 bits per heavy atom. The van der Waals surface area contributed by atoms with Crippen LogP contribution in [0, 0.1) is 5.92 Å². The number of ether oxygens (including phenoxy) is 4. The number of amides is 1. The van der Waals surface area contributed by atoms with Gasteiger partial charge >= 0.3 is 11.9 Å². The Labute approximate surface area is 115 Å². The van der Waals surface area contributed by atoms with Crippen LogP contribution in [0.4, 0.5) is 0 Å². The molecule has 8 heteroatoms. The quantitative estimate of drug-likeness (QED) is 0.523. The van der Waals surface area contributed by atoms with Gasteiger partial charge in [0.15, 0.2) is 6.29 Å². The van der Waals surface area contributed by atoms with E-state index in [4.69, 9.17) is 9.47 Å². The summed E-state index contributed by atoms with van der Waals surface area (Å²) in [6.45, 7) is 1.50. The fourth-order valence-corrected chi connectivity index (χ4v) is 2.96. The average Bonchev–Trinajstić information content (AvgIpc) is 2.89. The molecule has 2 saturated heterocycles. The van der Waals surface area contributed by atoms with E-state index in [-0.39, 0.29) is 6.42 Å². The molecule has 0 bridgehead atoms. The maximum Gasteiger partial charge on any atom is 0.346 e. The summed E-state index contributed by atoms with van der Waals surface area (Å²) in [6.07, 6.45) is -0.432. The first-order chi connectivity index (χ1) is 9.37. The van der Waals surface area contributed by atoms with Crippen LogP contribution >= 0.6 is 0 Å².